The van der Waals surface area contributed by atoms with Gasteiger partial charge in [-0.15, -0.1) is 12.4 Å². The Hall–Kier alpha value is -0.660. The molecule has 0 aliphatic rings. The van der Waals surface area contributed by atoms with Crippen LogP contribution in [0.1, 0.15) is 32.8 Å². The van der Waals surface area contributed by atoms with E-state index in [2.05, 4.69) is 4.72 Å². The second-order valence-electron chi connectivity index (χ2n) is 6.05. The third kappa shape index (κ3) is 6.22. The van der Waals surface area contributed by atoms with Gasteiger partial charge in [0.2, 0.25) is 10.0 Å². The van der Waals surface area contributed by atoms with Crippen molar-refractivity contribution >= 4 is 22.4 Å². The lowest BCUT2D eigenvalue weighted by atomic mass is 9.92. The van der Waals surface area contributed by atoms with E-state index in [0.29, 0.717) is 18.9 Å². The lowest BCUT2D eigenvalue weighted by Gasteiger charge is -2.30. The Bertz CT molecular complexity index is 564. The second-order valence-corrected chi connectivity index (χ2v) is 7.73. The predicted molar refractivity (Wildman–Crippen MR) is 91.6 cm³/mol. The van der Waals surface area contributed by atoms with Gasteiger partial charge in [-0.05, 0) is 37.0 Å². The zero-order chi connectivity index (χ0) is 16.1. The summed E-state index contributed by atoms with van der Waals surface area (Å²) in [7, 11) is -2.03. The van der Waals surface area contributed by atoms with Crippen LogP contribution >= 0.6 is 12.4 Å². The van der Waals surface area contributed by atoms with Crippen molar-refractivity contribution in [2.75, 3.05) is 13.7 Å². The lowest BCUT2D eigenvalue weighted by Crippen LogP contribution is -2.51. The third-order valence-electron chi connectivity index (χ3n) is 3.21. The van der Waals surface area contributed by atoms with Gasteiger partial charge in [0, 0.05) is 19.2 Å². The van der Waals surface area contributed by atoms with Crippen LogP contribution in [-0.4, -0.2) is 27.6 Å². The van der Waals surface area contributed by atoms with E-state index < -0.39 is 15.6 Å². The van der Waals surface area contributed by atoms with Crippen LogP contribution < -0.4 is 10.5 Å². The molecule has 5 nitrogen and oxygen atoms in total. The standard InChI is InChI=1S/C15H26N2O3S.ClH/c1-12(2)9-15(3,11-16)17-21(18,19)14-7-5-6-13(8-14)10-20-4;/h5-8,12,17H,9-11,16H2,1-4H3;1H. The summed E-state index contributed by atoms with van der Waals surface area (Å²) in [5.41, 5.74) is 5.94. The molecule has 22 heavy (non-hydrogen) atoms. The highest BCUT2D eigenvalue weighted by molar-refractivity contribution is 7.89. The maximum absolute atomic E-state index is 12.5. The number of hydrogen-bond donors (Lipinski definition) is 2. The molecule has 0 radical (unpaired) electrons. The highest BCUT2D eigenvalue weighted by Gasteiger charge is 2.30. The summed E-state index contributed by atoms with van der Waals surface area (Å²) in [6.45, 7) is 6.55. The fourth-order valence-corrected chi connectivity index (χ4v) is 3.92. The molecule has 1 aromatic rings. The van der Waals surface area contributed by atoms with E-state index in [9.17, 15) is 8.42 Å². The van der Waals surface area contributed by atoms with E-state index in [0.717, 1.165) is 5.56 Å². The van der Waals surface area contributed by atoms with Gasteiger partial charge in [0.1, 0.15) is 0 Å². The van der Waals surface area contributed by atoms with Crippen molar-refractivity contribution in [3.63, 3.8) is 0 Å². The van der Waals surface area contributed by atoms with Gasteiger partial charge >= 0.3 is 0 Å². The van der Waals surface area contributed by atoms with Crippen molar-refractivity contribution in [1.82, 2.24) is 4.72 Å². The number of ether oxygens (including phenoxy) is 1. The summed E-state index contributed by atoms with van der Waals surface area (Å²) in [4.78, 5) is 0.237. The first-order chi connectivity index (χ1) is 9.72. The van der Waals surface area contributed by atoms with Gasteiger partial charge in [0.05, 0.1) is 11.5 Å². The van der Waals surface area contributed by atoms with Crippen molar-refractivity contribution in [2.24, 2.45) is 11.7 Å². The molecule has 7 heteroatoms. The summed E-state index contributed by atoms with van der Waals surface area (Å²) in [6, 6.07) is 6.75. The first-order valence-electron chi connectivity index (χ1n) is 7.04. The molecule has 3 N–H and O–H groups in total. The minimum atomic E-state index is -3.60. The molecule has 0 amide bonds. The molecule has 0 saturated heterocycles. The molecule has 0 bridgehead atoms. The molecule has 0 heterocycles. The van der Waals surface area contributed by atoms with E-state index in [4.69, 9.17) is 10.5 Å². The van der Waals surface area contributed by atoms with E-state index in [1.165, 1.54) is 0 Å². The van der Waals surface area contributed by atoms with Crippen LogP contribution in [0.2, 0.25) is 0 Å². The molecule has 0 aliphatic carbocycles. The van der Waals surface area contributed by atoms with E-state index in [-0.39, 0.29) is 23.8 Å². The van der Waals surface area contributed by atoms with Gasteiger partial charge < -0.3 is 10.5 Å². The van der Waals surface area contributed by atoms with Crippen LogP contribution in [0.4, 0.5) is 0 Å². The third-order valence-corrected chi connectivity index (χ3v) is 4.85. The number of methoxy groups -OCH3 is 1. The minimum absolute atomic E-state index is 0. The van der Waals surface area contributed by atoms with Gasteiger partial charge in [-0.1, -0.05) is 26.0 Å². The zero-order valence-electron chi connectivity index (χ0n) is 13.6. The normalized spacial score (nSPS) is 14.5. The minimum Gasteiger partial charge on any atom is -0.380 e. The number of hydrogen-bond acceptors (Lipinski definition) is 4. The number of rotatable bonds is 8. The van der Waals surface area contributed by atoms with E-state index in [1.807, 2.05) is 26.8 Å². The lowest BCUT2D eigenvalue weighted by molar-refractivity contribution is 0.184. The van der Waals surface area contributed by atoms with Crippen LogP contribution in [0.3, 0.4) is 0 Å². The maximum atomic E-state index is 12.5. The number of sulfonamides is 1. The SMILES string of the molecule is COCc1cccc(S(=O)(=O)NC(C)(CN)CC(C)C)c1.Cl. The Morgan fingerprint density at radius 1 is 1.36 bits per heavy atom. The first kappa shape index (κ1) is 21.3. The van der Waals surface area contributed by atoms with Gasteiger partial charge in [-0.3, -0.25) is 0 Å². The number of nitrogens with two attached hydrogens (primary N) is 1. The quantitative estimate of drug-likeness (QED) is 0.753. The summed E-state index contributed by atoms with van der Waals surface area (Å²) < 4.78 is 32.9. The number of nitrogens with one attached hydrogen (secondary N) is 1. The number of halogens is 1. The molecule has 0 saturated carbocycles. The Balaban J connectivity index is 0.00000441. The average Bonchev–Trinajstić information content (AvgIpc) is 2.38. The predicted octanol–water partition coefficient (Wildman–Crippen LogP) is 2.30. The molecule has 1 aromatic carbocycles. The van der Waals surface area contributed by atoms with Crippen LogP contribution in [0, 0.1) is 5.92 Å². The zero-order valence-corrected chi connectivity index (χ0v) is 15.3. The molecule has 0 aliphatic heterocycles. The van der Waals surface area contributed by atoms with Crippen LogP contribution in [0.15, 0.2) is 29.2 Å². The first-order valence-corrected chi connectivity index (χ1v) is 8.52. The topological polar surface area (TPSA) is 81.4 Å². The van der Waals surface area contributed by atoms with E-state index in [1.54, 1.807) is 25.3 Å². The summed E-state index contributed by atoms with van der Waals surface area (Å²) >= 11 is 0. The van der Waals surface area contributed by atoms with E-state index >= 15 is 0 Å². The highest BCUT2D eigenvalue weighted by Crippen LogP contribution is 2.20. The van der Waals surface area contributed by atoms with Crippen LogP contribution in [0.5, 0.6) is 0 Å². The van der Waals surface area contributed by atoms with Gasteiger partial charge in [0.15, 0.2) is 0 Å². The Labute approximate surface area is 140 Å². The van der Waals surface area contributed by atoms with Crippen molar-refractivity contribution < 1.29 is 13.2 Å². The smallest absolute Gasteiger partial charge is 0.241 e. The number of benzene rings is 1. The average molecular weight is 351 g/mol. The molecule has 1 rings (SSSR count). The summed E-state index contributed by atoms with van der Waals surface area (Å²) in [5.74, 6) is 0.348. The molecule has 1 unspecified atom stereocenters. The van der Waals surface area contributed by atoms with Gasteiger partial charge in [0.25, 0.3) is 0 Å². The maximum Gasteiger partial charge on any atom is 0.241 e. The van der Waals surface area contributed by atoms with Crippen molar-refractivity contribution in [3.05, 3.63) is 29.8 Å². The van der Waals surface area contributed by atoms with Crippen LogP contribution in [-0.2, 0) is 21.4 Å². The fraction of sp³-hybridized carbons (Fsp3) is 0.600. The van der Waals surface area contributed by atoms with Crippen molar-refractivity contribution in [1.29, 1.82) is 0 Å². The molecule has 0 fully saturated rings. The molecular weight excluding hydrogens is 324 g/mol. The highest BCUT2D eigenvalue weighted by atomic mass is 35.5. The fourth-order valence-electron chi connectivity index (χ4n) is 2.42. The second kappa shape index (κ2) is 8.84. The van der Waals surface area contributed by atoms with Crippen molar-refractivity contribution in [3.8, 4) is 0 Å². The molecule has 0 aromatic heterocycles. The summed E-state index contributed by atoms with van der Waals surface area (Å²) in [6.07, 6.45) is 0.681. The molecule has 1 atom stereocenters. The van der Waals surface area contributed by atoms with Gasteiger partial charge in [-0.25, -0.2) is 13.1 Å². The van der Waals surface area contributed by atoms with Crippen LogP contribution in [0.25, 0.3) is 0 Å². The largest absolute Gasteiger partial charge is 0.380 e. The Morgan fingerprint density at radius 3 is 2.50 bits per heavy atom. The summed E-state index contributed by atoms with van der Waals surface area (Å²) in [5, 5.41) is 0. The Kier molecular flexibility index (Phi) is 8.57. The molecule has 128 valence electrons. The molecule has 0 spiro atoms. The molecular formula is C15H27ClN2O3S. The van der Waals surface area contributed by atoms with Crippen molar-refractivity contribution in [2.45, 2.75) is 44.2 Å². The monoisotopic (exact) mass is 350 g/mol. The Morgan fingerprint density at radius 2 is 2.00 bits per heavy atom. The van der Waals surface area contributed by atoms with Gasteiger partial charge in [-0.2, -0.15) is 0 Å².